The first kappa shape index (κ1) is 12.5. The van der Waals surface area contributed by atoms with E-state index in [0.717, 1.165) is 49.4 Å². The van der Waals surface area contributed by atoms with Gasteiger partial charge in [0.25, 0.3) is 5.91 Å². The molecule has 19 heavy (non-hydrogen) atoms. The molecular formula is C15H20N2O2. The largest absolute Gasteiger partial charge is 0.493 e. The Bertz CT molecular complexity index is 487. The third-order valence-electron chi connectivity index (χ3n) is 4.05. The Morgan fingerprint density at radius 1 is 1.47 bits per heavy atom. The van der Waals surface area contributed by atoms with Crippen LogP contribution in [0, 0.1) is 5.92 Å². The van der Waals surface area contributed by atoms with Crippen LogP contribution < -0.4 is 15.4 Å². The number of benzene rings is 1. The molecule has 0 spiro atoms. The third-order valence-corrected chi connectivity index (χ3v) is 4.05. The fourth-order valence-electron chi connectivity index (χ4n) is 2.81. The number of piperidine rings is 1. The number of fused-ring (bicyclic) bond motifs is 1. The van der Waals surface area contributed by atoms with Crippen LogP contribution in [0.4, 0.5) is 0 Å². The van der Waals surface area contributed by atoms with Crippen molar-refractivity contribution < 1.29 is 9.53 Å². The first-order valence-corrected chi connectivity index (χ1v) is 7.01. The van der Waals surface area contributed by atoms with E-state index in [4.69, 9.17) is 4.74 Å². The number of nitrogens with one attached hydrogen (secondary N) is 2. The van der Waals surface area contributed by atoms with Crippen LogP contribution in [-0.4, -0.2) is 31.6 Å². The highest BCUT2D eigenvalue weighted by molar-refractivity contribution is 5.94. The SMILES string of the molecule is CC1CNCCC1NC(=O)c1ccc2c(c1)CCO2. The summed E-state index contributed by atoms with van der Waals surface area (Å²) < 4.78 is 5.46. The highest BCUT2D eigenvalue weighted by Crippen LogP contribution is 2.26. The summed E-state index contributed by atoms with van der Waals surface area (Å²) in [6, 6.07) is 6.00. The Kier molecular flexibility index (Phi) is 3.42. The zero-order chi connectivity index (χ0) is 13.2. The maximum Gasteiger partial charge on any atom is 0.251 e. The van der Waals surface area contributed by atoms with Crippen LogP contribution in [0.1, 0.15) is 29.3 Å². The Morgan fingerprint density at radius 3 is 3.21 bits per heavy atom. The van der Waals surface area contributed by atoms with Gasteiger partial charge in [0.2, 0.25) is 0 Å². The lowest BCUT2D eigenvalue weighted by Crippen LogP contribution is -2.48. The van der Waals surface area contributed by atoms with Crippen molar-refractivity contribution in [2.75, 3.05) is 19.7 Å². The van der Waals surface area contributed by atoms with Crippen LogP contribution >= 0.6 is 0 Å². The highest BCUT2D eigenvalue weighted by Gasteiger charge is 2.23. The van der Waals surface area contributed by atoms with E-state index in [2.05, 4.69) is 17.6 Å². The van der Waals surface area contributed by atoms with E-state index in [-0.39, 0.29) is 11.9 Å². The molecule has 2 N–H and O–H groups in total. The van der Waals surface area contributed by atoms with Crippen LogP contribution in [0.15, 0.2) is 18.2 Å². The number of hydrogen-bond donors (Lipinski definition) is 2. The minimum atomic E-state index is 0.0356. The van der Waals surface area contributed by atoms with Gasteiger partial charge in [0, 0.05) is 18.0 Å². The Labute approximate surface area is 113 Å². The van der Waals surface area contributed by atoms with Crippen molar-refractivity contribution in [1.29, 1.82) is 0 Å². The monoisotopic (exact) mass is 260 g/mol. The van der Waals surface area contributed by atoms with Gasteiger partial charge in [-0.25, -0.2) is 0 Å². The van der Waals surface area contributed by atoms with Gasteiger partial charge in [0.05, 0.1) is 6.61 Å². The smallest absolute Gasteiger partial charge is 0.251 e. The zero-order valence-corrected chi connectivity index (χ0v) is 11.2. The first-order chi connectivity index (χ1) is 9.24. The van der Waals surface area contributed by atoms with E-state index < -0.39 is 0 Å². The van der Waals surface area contributed by atoms with Crippen LogP contribution in [0.5, 0.6) is 5.75 Å². The van der Waals surface area contributed by atoms with E-state index in [1.165, 1.54) is 0 Å². The topological polar surface area (TPSA) is 50.4 Å². The Balaban J connectivity index is 1.70. The lowest BCUT2D eigenvalue weighted by atomic mass is 9.95. The van der Waals surface area contributed by atoms with E-state index >= 15 is 0 Å². The van der Waals surface area contributed by atoms with Gasteiger partial charge in [-0.15, -0.1) is 0 Å². The summed E-state index contributed by atoms with van der Waals surface area (Å²) >= 11 is 0. The second kappa shape index (κ2) is 5.21. The molecule has 4 heteroatoms. The van der Waals surface area contributed by atoms with Crippen molar-refractivity contribution in [3.63, 3.8) is 0 Å². The molecule has 2 aliphatic rings. The summed E-state index contributed by atoms with van der Waals surface area (Å²) in [6.45, 7) is 4.86. The molecule has 1 aromatic rings. The molecule has 2 heterocycles. The van der Waals surface area contributed by atoms with Crippen molar-refractivity contribution in [2.45, 2.75) is 25.8 Å². The van der Waals surface area contributed by atoms with Gasteiger partial charge in [0.1, 0.15) is 5.75 Å². The first-order valence-electron chi connectivity index (χ1n) is 7.01. The molecular weight excluding hydrogens is 240 g/mol. The van der Waals surface area contributed by atoms with Crippen LogP contribution in [0.3, 0.4) is 0 Å². The summed E-state index contributed by atoms with van der Waals surface area (Å²) in [4.78, 5) is 12.3. The molecule has 1 aromatic carbocycles. The number of ether oxygens (including phenoxy) is 1. The number of carbonyl (C=O) groups excluding carboxylic acids is 1. The molecule has 0 aliphatic carbocycles. The standard InChI is InChI=1S/C15H20N2O2/c1-10-9-16-6-4-13(10)17-15(18)12-2-3-14-11(8-12)5-7-19-14/h2-3,8,10,13,16H,4-7,9H2,1H3,(H,17,18). The van der Waals surface area contributed by atoms with Crippen molar-refractivity contribution in [3.05, 3.63) is 29.3 Å². The lowest BCUT2D eigenvalue weighted by Gasteiger charge is -2.30. The molecule has 0 saturated carbocycles. The summed E-state index contributed by atoms with van der Waals surface area (Å²) in [5.74, 6) is 1.44. The van der Waals surface area contributed by atoms with Crippen LogP contribution in [-0.2, 0) is 6.42 Å². The summed E-state index contributed by atoms with van der Waals surface area (Å²) in [7, 11) is 0. The number of rotatable bonds is 2. The van der Waals surface area contributed by atoms with Crippen molar-refractivity contribution in [3.8, 4) is 5.75 Å². The van der Waals surface area contributed by atoms with Crippen molar-refractivity contribution >= 4 is 5.91 Å². The van der Waals surface area contributed by atoms with E-state index in [1.807, 2.05) is 18.2 Å². The van der Waals surface area contributed by atoms with Gasteiger partial charge < -0.3 is 15.4 Å². The van der Waals surface area contributed by atoms with Gasteiger partial charge in [-0.3, -0.25) is 4.79 Å². The van der Waals surface area contributed by atoms with E-state index in [0.29, 0.717) is 5.92 Å². The highest BCUT2D eigenvalue weighted by atomic mass is 16.5. The summed E-state index contributed by atoms with van der Waals surface area (Å²) in [5.41, 5.74) is 1.89. The average molecular weight is 260 g/mol. The molecule has 0 bridgehead atoms. The predicted molar refractivity (Wildman–Crippen MR) is 73.5 cm³/mol. The molecule has 0 aromatic heterocycles. The average Bonchev–Trinajstić information content (AvgIpc) is 2.88. The molecule has 3 rings (SSSR count). The molecule has 1 saturated heterocycles. The van der Waals surface area contributed by atoms with Crippen LogP contribution in [0.2, 0.25) is 0 Å². The molecule has 0 radical (unpaired) electrons. The number of amides is 1. The van der Waals surface area contributed by atoms with E-state index in [9.17, 15) is 4.79 Å². The fraction of sp³-hybridized carbons (Fsp3) is 0.533. The Hall–Kier alpha value is -1.55. The number of carbonyl (C=O) groups is 1. The maximum absolute atomic E-state index is 12.3. The van der Waals surface area contributed by atoms with Gasteiger partial charge in [0.15, 0.2) is 0 Å². The Morgan fingerprint density at radius 2 is 2.37 bits per heavy atom. The predicted octanol–water partition coefficient (Wildman–Crippen LogP) is 1.35. The third kappa shape index (κ3) is 2.59. The minimum absolute atomic E-state index is 0.0356. The normalized spacial score (nSPS) is 25.5. The fourth-order valence-corrected chi connectivity index (χ4v) is 2.81. The van der Waals surface area contributed by atoms with Gasteiger partial charge in [-0.2, -0.15) is 0 Å². The van der Waals surface area contributed by atoms with Gasteiger partial charge in [-0.1, -0.05) is 6.92 Å². The molecule has 2 aliphatic heterocycles. The molecule has 1 amide bonds. The minimum Gasteiger partial charge on any atom is -0.493 e. The second-order valence-electron chi connectivity index (χ2n) is 5.47. The molecule has 102 valence electrons. The zero-order valence-electron chi connectivity index (χ0n) is 11.2. The van der Waals surface area contributed by atoms with E-state index in [1.54, 1.807) is 0 Å². The number of hydrogen-bond acceptors (Lipinski definition) is 3. The summed E-state index contributed by atoms with van der Waals surface area (Å²) in [6.07, 6.45) is 1.90. The van der Waals surface area contributed by atoms with Gasteiger partial charge in [-0.05, 0) is 49.2 Å². The molecule has 2 atom stereocenters. The lowest BCUT2D eigenvalue weighted by molar-refractivity contribution is 0.0914. The summed E-state index contributed by atoms with van der Waals surface area (Å²) in [5, 5.41) is 6.50. The van der Waals surface area contributed by atoms with Crippen molar-refractivity contribution in [1.82, 2.24) is 10.6 Å². The van der Waals surface area contributed by atoms with Crippen LogP contribution in [0.25, 0.3) is 0 Å². The molecule has 4 nitrogen and oxygen atoms in total. The van der Waals surface area contributed by atoms with Crippen molar-refractivity contribution in [2.24, 2.45) is 5.92 Å². The molecule has 2 unspecified atom stereocenters. The second-order valence-corrected chi connectivity index (χ2v) is 5.47. The quantitative estimate of drug-likeness (QED) is 0.844. The van der Waals surface area contributed by atoms with Gasteiger partial charge >= 0.3 is 0 Å². The molecule has 1 fully saturated rings. The maximum atomic E-state index is 12.3.